The van der Waals surface area contributed by atoms with Gasteiger partial charge in [0.15, 0.2) is 6.61 Å². The number of carboxylic acid groups (broad SMARTS) is 1. The van der Waals surface area contributed by atoms with Crippen molar-refractivity contribution >= 4 is 11.9 Å². The Morgan fingerprint density at radius 2 is 1.91 bits per heavy atom. The van der Waals surface area contributed by atoms with E-state index in [2.05, 4.69) is 0 Å². The van der Waals surface area contributed by atoms with Gasteiger partial charge in [0.25, 0.3) is 0 Å². The van der Waals surface area contributed by atoms with Crippen LogP contribution in [0.3, 0.4) is 0 Å². The van der Waals surface area contributed by atoms with E-state index in [9.17, 15) is 9.59 Å². The predicted molar refractivity (Wildman–Crippen MR) is 82.6 cm³/mol. The first-order valence-electron chi connectivity index (χ1n) is 7.35. The summed E-state index contributed by atoms with van der Waals surface area (Å²) in [7, 11) is 1.80. The average Bonchev–Trinajstić information content (AvgIpc) is 2.91. The van der Waals surface area contributed by atoms with Gasteiger partial charge in [-0.2, -0.15) is 0 Å². The normalized spacial score (nSPS) is 14.1. The molecular weight excluding hydrogens is 282 g/mol. The van der Waals surface area contributed by atoms with Gasteiger partial charge in [0.2, 0.25) is 5.91 Å². The summed E-state index contributed by atoms with van der Waals surface area (Å²) in [6.45, 7) is 2.20. The Morgan fingerprint density at radius 1 is 1.23 bits per heavy atom. The Kier molecular flexibility index (Phi) is 5.20. The highest BCUT2D eigenvalue weighted by Crippen LogP contribution is 2.27. The van der Waals surface area contributed by atoms with Crippen LogP contribution in [0.5, 0.6) is 5.75 Å². The van der Waals surface area contributed by atoms with Gasteiger partial charge in [-0.1, -0.05) is 17.7 Å². The minimum atomic E-state index is -1.00. The number of allylic oxidation sites excluding steroid dienone is 1. The molecule has 1 aromatic rings. The average molecular weight is 303 g/mol. The van der Waals surface area contributed by atoms with Crippen LogP contribution in [0.4, 0.5) is 0 Å². The van der Waals surface area contributed by atoms with Crippen LogP contribution in [0.25, 0.3) is 0 Å². The molecule has 0 fully saturated rings. The molecule has 5 nitrogen and oxygen atoms in total. The smallest absolute Gasteiger partial charge is 0.341 e. The first-order valence-corrected chi connectivity index (χ1v) is 7.35. The molecule has 1 aliphatic carbocycles. The number of hydrogen-bond acceptors (Lipinski definition) is 3. The Bertz CT molecular complexity index is 589. The zero-order valence-electron chi connectivity index (χ0n) is 13.0. The molecule has 2 rings (SSSR count). The third-order valence-electron chi connectivity index (χ3n) is 3.80. The number of benzene rings is 1. The van der Waals surface area contributed by atoms with Gasteiger partial charge in [-0.25, -0.2) is 4.79 Å². The summed E-state index contributed by atoms with van der Waals surface area (Å²) in [5.41, 5.74) is 3.13. The summed E-state index contributed by atoms with van der Waals surface area (Å²) >= 11 is 0. The van der Waals surface area contributed by atoms with Crippen molar-refractivity contribution < 1.29 is 19.4 Å². The van der Waals surface area contributed by atoms with E-state index in [-0.39, 0.29) is 12.5 Å². The van der Waals surface area contributed by atoms with Crippen molar-refractivity contribution in [2.24, 2.45) is 0 Å². The summed E-state index contributed by atoms with van der Waals surface area (Å²) in [4.78, 5) is 24.5. The first-order chi connectivity index (χ1) is 10.5. The van der Waals surface area contributed by atoms with Crippen LogP contribution in [0.15, 0.2) is 35.4 Å². The van der Waals surface area contributed by atoms with E-state index in [4.69, 9.17) is 9.84 Å². The van der Waals surface area contributed by atoms with Crippen LogP contribution in [0.1, 0.15) is 31.7 Å². The number of carbonyl (C=O) groups excluding carboxylic acids is 1. The highest BCUT2D eigenvalue weighted by Gasteiger charge is 2.21. The van der Waals surface area contributed by atoms with Gasteiger partial charge in [0.1, 0.15) is 5.75 Å². The molecule has 22 heavy (non-hydrogen) atoms. The number of likely N-dealkylation sites (N-methyl/N-ethyl adjacent to an activating group) is 1. The molecule has 0 aromatic heterocycles. The van der Waals surface area contributed by atoms with Crippen LogP contribution < -0.4 is 4.74 Å². The summed E-state index contributed by atoms with van der Waals surface area (Å²) in [5, 5.41) is 8.56. The number of hydrogen-bond donors (Lipinski definition) is 1. The molecule has 0 unspecified atom stereocenters. The number of carbonyl (C=O) groups is 2. The highest BCUT2D eigenvalue weighted by molar-refractivity contribution is 5.94. The number of nitrogens with zero attached hydrogens (tertiary/aromatic N) is 1. The number of aliphatic carboxylic acids is 1. The van der Waals surface area contributed by atoms with Gasteiger partial charge < -0.3 is 14.7 Å². The molecule has 0 radical (unpaired) electrons. The minimum Gasteiger partial charge on any atom is -0.482 e. The van der Waals surface area contributed by atoms with Gasteiger partial charge >= 0.3 is 5.97 Å². The Morgan fingerprint density at radius 3 is 2.45 bits per heavy atom. The van der Waals surface area contributed by atoms with E-state index in [1.807, 2.05) is 19.1 Å². The van der Waals surface area contributed by atoms with Crippen LogP contribution in [-0.2, 0) is 16.1 Å². The fourth-order valence-electron chi connectivity index (χ4n) is 2.60. The van der Waals surface area contributed by atoms with E-state index in [1.165, 1.54) is 5.57 Å². The quantitative estimate of drug-likeness (QED) is 0.877. The lowest BCUT2D eigenvalue weighted by molar-refractivity contribution is -0.139. The first kappa shape index (κ1) is 16.1. The van der Waals surface area contributed by atoms with Gasteiger partial charge in [0, 0.05) is 19.2 Å². The lowest BCUT2D eigenvalue weighted by Gasteiger charge is -2.19. The fraction of sp³-hybridized carbons (Fsp3) is 0.412. The molecule has 0 aliphatic heterocycles. The largest absolute Gasteiger partial charge is 0.482 e. The zero-order chi connectivity index (χ0) is 16.1. The number of amides is 1. The van der Waals surface area contributed by atoms with Gasteiger partial charge in [-0.15, -0.1) is 0 Å². The maximum atomic E-state index is 12.4. The van der Waals surface area contributed by atoms with Gasteiger partial charge in [-0.05, 0) is 43.9 Å². The van der Waals surface area contributed by atoms with E-state index >= 15 is 0 Å². The van der Waals surface area contributed by atoms with Crippen LogP contribution in [0, 0.1) is 0 Å². The van der Waals surface area contributed by atoms with Crippen LogP contribution in [0.2, 0.25) is 0 Å². The van der Waals surface area contributed by atoms with E-state index in [0.717, 1.165) is 30.4 Å². The summed E-state index contributed by atoms with van der Waals surface area (Å²) in [6.07, 6.45) is 2.96. The highest BCUT2D eigenvalue weighted by atomic mass is 16.5. The molecule has 0 atom stereocenters. The Balaban J connectivity index is 1.94. The molecule has 0 heterocycles. The Hall–Kier alpha value is -2.30. The molecule has 0 bridgehead atoms. The van der Waals surface area contributed by atoms with Crippen molar-refractivity contribution in [2.75, 3.05) is 13.7 Å². The lowest BCUT2D eigenvalue weighted by atomic mass is 10.1. The summed E-state index contributed by atoms with van der Waals surface area (Å²) < 4.78 is 5.08. The predicted octanol–water partition coefficient (Wildman–Crippen LogP) is 2.61. The molecule has 1 N–H and O–H groups in total. The monoisotopic (exact) mass is 303 g/mol. The molecule has 5 heteroatoms. The van der Waals surface area contributed by atoms with Gasteiger partial charge in [0.05, 0.1) is 0 Å². The minimum absolute atomic E-state index is 0.0983. The number of carboxylic acids is 1. The molecule has 0 saturated carbocycles. The summed E-state index contributed by atoms with van der Waals surface area (Å²) in [5.74, 6) is -0.398. The number of rotatable bonds is 6. The van der Waals surface area contributed by atoms with Crippen LogP contribution in [-0.4, -0.2) is 35.5 Å². The maximum absolute atomic E-state index is 12.4. The second-order valence-electron chi connectivity index (χ2n) is 5.60. The topological polar surface area (TPSA) is 66.8 Å². The second kappa shape index (κ2) is 7.11. The van der Waals surface area contributed by atoms with Crippen molar-refractivity contribution in [1.82, 2.24) is 4.90 Å². The van der Waals surface area contributed by atoms with E-state index in [1.54, 1.807) is 24.1 Å². The Labute approximate surface area is 130 Å². The van der Waals surface area contributed by atoms with E-state index in [0.29, 0.717) is 12.3 Å². The van der Waals surface area contributed by atoms with E-state index < -0.39 is 5.97 Å². The molecule has 1 amide bonds. The molecular formula is C17H21NO4. The van der Waals surface area contributed by atoms with Crippen LogP contribution >= 0.6 is 0 Å². The zero-order valence-corrected chi connectivity index (χ0v) is 13.0. The third-order valence-corrected chi connectivity index (χ3v) is 3.80. The SMILES string of the molecule is CC1=C(C(=O)N(C)Cc2ccc(OCC(=O)O)cc2)CCC1. The molecule has 0 spiro atoms. The third kappa shape index (κ3) is 4.10. The van der Waals surface area contributed by atoms with Gasteiger partial charge in [-0.3, -0.25) is 4.79 Å². The second-order valence-corrected chi connectivity index (χ2v) is 5.60. The molecule has 0 saturated heterocycles. The fourth-order valence-corrected chi connectivity index (χ4v) is 2.60. The van der Waals surface area contributed by atoms with Crippen molar-refractivity contribution in [2.45, 2.75) is 32.7 Å². The molecule has 118 valence electrons. The number of ether oxygens (including phenoxy) is 1. The van der Waals surface area contributed by atoms with Crippen molar-refractivity contribution in [1.29, 1.82) is 0 Å². The van der Waals surface area contributed by atoms with Crippen molar-refractivity contribution in [3.05, 3.63) is 41.0 Å². The van der Waals surface area contributed by atoms with Crippen molar-refractivity contribution in [3.8, 4) is 5.75 Å². The summed E-state index contributed by atoms with van der Waals surface area (Å²) in [6, 6.07) is 7.13. The molecule has 1 aromatic carbocycles. The van der Waals surface area contributed by atoms with Crippen molar-refractivity contribution in [3.63, 3.8) is 0 Å². The lowest BCUT2D eigenvalue weighted by Crippen LogP contribution is -2.27. The standard InChI is InChI=1S/C17H21NO4/c1-12-4-3-5-15(12)17(21)18(2)10-13-6-8-14(9-7-13)22-11-16(19)20/h6-9H,3-5,10-11H2,1-2H3,(H,19,20). The maximum Gasteiger partial charge on any atom is 0.341 e. The molecule has 1 aliphatic rings.